The monoisotopic (exact) mass is 277 g/mol. The van der Waals surface area contributed by atoms with Crippen LogP contribution in [-0.2, 0) is 0 Å². The minimum atomic E-state index is -0.0357. The van der Waals surface area contributed by atoms with Gasteiger partial charge >= 0.3 is 0 Å². The van der Waals surface area contributed by atoms with E-state index in [0.717, 1.165) is 25.9 Å². The van der Waals surface area contributed by atoms with Gasteiger partial charge in [-0.2, -0.15) is 0 Å². The Morgan fingerprint density at radius 1 is 1.15 bits per heavy atom. The summed E-state index contributed by atoms with van der Waals surface area (Å²) in [6, 6.07) is 0.660. The number of nitrogens with zero attached hydrogens (tertiary/aromatic N) is 4. The Bertz CT molecular complexity index is 458. The lowest BCUT2D eigenvalue weighted by molar-refractivity contribution is 0.0579. The van der Waals surface area contributed by atoms with Crippen molar-refractivity contribution in [3.63, 3.8) is 0 Å². The zero-order chi connectivity index (χ0) is 13.9. The number of carbonyl (C=O) groups excluding carboxylic acids is 1. The van der Waals surface area contributed by atoms with E-state index < -0.39 is 0 Å². The summed E-state index contributed by atoms with van der Waals surface area (Å²) in [5.41, 5.74) is 0. The summed E-state index contributed by atoms with van der Waals surface area (Å²) in [4.78, 5) is 20.9. The van der Waals surface area contributed by atoms with Gasteiger partial charge < -0.3 is 9.80 Å². The fourth-order valence-electron chi connectivity index (χ4n) is 3.30. The summed E-state index contributed by atoms with van der Waals surface area (Å²) < 4.78 is 0. The molecule has 0 saturated carbocycles. The lowest BCUT2D eigenvalue weighted by Crippen LogP contribution is -2.48. The lowest BCUT2D eigenvalue weighted by atomic mass is 10.00. The second-order valence-electron chi connectivity index (χ2n) is 5.86. The van der Waals surface area contributed by atoms with Gasteiger partial charge in [-0.15, -0.1) is 5.10 Å². The van der Waals surface area contributed by atoms with Gasteiger partial charge in [0.2, 0.25) is 5.82 Å². The van der Waals surface area contributed by atoms with Gasteiger partial charge in [-0.1, -0.05) is 6.42 Å². The number of aryl methyl sites for hydroxylation is 1. The summed E-state index contributed by atoms with van der Waals surface area (Å²) >= 11 is 0. The zero-order valence-electron chi connectivity index (χ0n) is 12.1. The quantitative estimate of drug-likeness (QED) is 0.882. The summed E-state index contributed by atoms with van der Waals surface area (Å²) in [5.74, 6) is 0.960. The number of hydrogen-bond acceptors (Lipinski definition) is 4. The standard InChI is InChI=1S/C14H23N5O/c1-11-15-13(17-16-11)14(20)19-9-5-12(6-10-19)18-7-3-2-4-8-18/h12H,2-10H2,1H3,(H,15,16,17). The molecular weight excluding hydrogens is 254 g/mol. The van der Waals surface area contributed by atoms with E-state index in [0.29, 0.717) is 17.7 Å². The van der Waals surface area contributed by atoms with Crippen molar-refractivity contribution in [1.29, 1.82) is 0 Å². The van der Waals surface area contributed by atoms with E-state index in [2.05, 4.69) is 20.1 Å². The molecule has 1 amide bonds. The SMILES string of the molecule is Cc1nc(C(=O)N2CCC(N3CCCCC3)CC2)n[nH]1. The number of hydrogen-bond donors (Lipinski definition) is 1. The van der Waals surface area contributed by atoms with E-state index in [1.807, 2.05) is 11.8 Å². The first-order valence-corrected chi connectivity index (χ1v) is 7.66. The van der Waals surface area contributed by atoms with E-state index in [4.69, 9.17) is 0 Å². The number of piperidine rings is 2. The highest BCUT2D eigenvalue weighted by Gasteiger charge is 2.29. The molecule has 0 aromatic carbocycles. The number of aromatic amines is 1. The van der Waals surface area contributed by atoms with Crippen molar-refractivity contribution in [1.82, 2.24) is 25.0 Å². The maximum Gasteiger partial charge on any atom is 0.293 e. The van der Waals surface area contributed by atoms with Crippen LogP contribution in [0.25, 0.3) is 0 Å². The first-order chi connectivity index (χ1) is 9.74. The van der Waals surface area contributed by atoms with Crippen LogP contribution in [0.4, 0.5) is 0 Å². The molecule has 2 saturated heterocycles. The molecule has 2 aliphatic rings. The normalized spacial score (nSPS) is 22.1. The Morgan fingerprint density at radius 2 is 1.85 bits per heavy atom. The highest BCUT2D eigenvalue weighted by molar-refractivity contribution is 5.90. The molecule has 0 spiro atoms. The molecule has 1 aromatic heterocycles. The van der Waals surface area contributed by atoms with Gasteiger partial charge in [-0.05, 0) is 45.7 Å². The lowest BCUT2D eigenvalue weighted by Gasteiger charge is -2.39. The highest BCUT2D eigenvalue weighted by Crippen LogP contribution is 2.21. The van der Waals surface area contributed by atoms with Crippen molar-refractivity contribution in [2.45, 2.75) is 45.1 Å². The Balaban J connectivity index is 1.54. The van der Waals surface area contributed by atoms with Gasteiger partial charge in [0, 0.05) is 19.1 Å². The average Bonchev–Trinajstić information content (AvgIpc) is 2.94. The van der Waals surface area contributed by atoms with Crippen LogP contribution in [0.1, 0.15) is 48.5 Å². The first-order valence-electron chi connectivity index (χ1n) is 7.66. The fourth-order valence-corrected chi connectivity index (χ4v) is 3.30. The van der Waals surface area contributed by atoms with Crippen LogP contribution in [0.2, 0.25) is 0 Å². The molecule has 1 aromatic rings. The van der Waals surface area contributed by atoms with Crippen molar-refractivity contribution in [3.05, 3.63) is 11.6 Å². The van der Waals surface area contributed by atoms with Crippen molar-refractivity contribution in [2.24, 2.45) is 0 Å². The number of aromatic nitrogens is 3. The molecule has 3 rings (SSSR count). The topological polar surface area (TPSA) is 65.1 Å². The van der Waals surface area contributed by atoms with Crippen molar-refractivity contribution >= 4 is 5.91 Å². The number of rotatable bonds is 2. The second-order valence-corrected chi connectivity index (χ2v) is 5.86. The molecule has 0 bridgehead atoms. The van der Waals surface area contributed by atoms with E-state index in [-0.39, 0.29) is 5.91 Å². The molecule has 20 heavy (non-hydrogen) atoms. The Labute approximate surface area is 119 Å². The van der Waals surface area contributed by atoms with E-state index in [9.17, 15) is 4.79 Å². The predicted octanol–water partition coefficient (Wildman–Crippen LogP) is 1.20. The van der Waals surface area contributed by atoms with Gasteiger partial charge in [0.05, 0.1) is 0 Å². The maximum absolute atomic E-state index is 12.3. The molecule has 110 valence electrons. The molecule has 0 radical (unpaired) electrons. The van der Waals surface area contributed by atoms with Crippen LogP contribution in [0.15, 0.2) is 0 Å². The van der Waals surface area contributed by atoms with Crippen LogP contribution in [-0.4, -0.2) is 63.1 Å². The number of amides is 1. The summed E-state index contributed by atoms with van der Waals surface area (Å²) in [7, 11) is 0. The summed E-state index contributed by atoms with van der Waals surface area (Å²) in [6.07, 6.45) is 6.19. The van der Waals surface area contributed by atoms with Gasteiger partial charge in [-0.25, -0.2) is 4.98 Å². The summed E-state index contributed by atoms with van der Waals surface area (Å²) in [6.45, 7) is 5.94. The fraction of sp³-hybridized carbons (Fsp3) is 0.786. The van der Waals surface area contributed by atoms with Gasteiger partial charge in [-0.3, -0.25) is 9.89 Å². The van der Waals surface area contributed by atoms with Crippen LogP contribution in [0.3, 0.4) is 0 Å². The van der Waals surface area contributed by atoms with Crippen LogP contribution < -0.4 is 0 Å². The predicted molar refractivity (Wildman–Crippen MR) is 75.5 cm³/mol. The molecule has 6 nitrogen and oxygen atoms in total. The van der Waals surface area contributed by atoms with Crippen molar-refractivity contribution in [3.8, 4) is 0 Å². The minimum absolute atomic E-state index is 0.0357. The van der Waals surface area contributed by atoms with Gasteiger partial charge in [0.1, 0.15) is 5.82 Å². The molecule has 0 atom stereocenters. The van der Waals surface area contributed by atoms with E-state index in [1.165, 1.54) is 32.4 Å². The second kappa shape index (κ2) is 5.91. The van der Waals surface area contributed by atoms with Gasteiger partial charge in [0.15, 0.2) is 0 Å². The smallest absolute Gasteiger partial charge is 0.293 e. The number of carbonyl (C=O) groups is 1. The number of H-pyrrole nitrogens is 1. The Hall–Kier alpha value is -1.43. The average molecular weight is 277 g/mol. The van der Waals surface area contributed by atoms with Gasteiger partial charge in [0.25, 0.3) is 5.91 Å². The van der Waals surface area contributed by atoms with Crippen LogP contribution in [0, 0.1) is 6.92 Å². The molecule has 0 unspecified atom stereocenters. The third kappa shape index (κ3) is 2.85. The van der Waals surface area contributed by atoms with Crippen LogP contribution in [0.5, 0.6) is 0 Å². The molecule has 6 heteroatoms. The van der Waals surface area contributed by atoms with Crippen LogP contribution >= 0.6 is 0 Å². The highest BCUT2D eigenvalue weighted by atomic mass is 16.2. The zero-order valence-corrected chi connectivity index (χ0v) is 12.1. The first kappa shape index (κ1) is 13.5. The Morgan fingerprint density at radius 3 is 2.45 bits per heavy atom. The minimum Gasteiger partial charge on any atom is -0.336 e. The number of likely N-dealkylation sites (tertiary alicyclic amines) is 2. The largest absolute Gasteiger partial charge is 0.336 e. The molecule has 0 aliphatic carbocycles. The number of nitrogens with one attached hydrogen (secondary N) is 1. The third-order valence-electron chi connectivity index (χ3n) is 4.45. The summed E-state index contributed by atoms with van der Waals surface area (Å²) in [5, 5.41) is 6.69. The Kier molecular flexibility index (Phi) is 4.00. The van der Waals surface area contributed by atoms with E-state index in [1.54, 1.807) is 0 Å². The molecule has 3 heterocycles. The molecule has 2 fully saturated rings. The molecule has 2 aliphatic heterocycles. The maximum atomic E-state index is 12.3. The third-order valence-corrected chi connectivity index (χ3v) is 4.45. The van der Waals surface area contributed by atoms with E-state index >= 15 is 0 Å². The van der Waals surface area contributed by atoms with Crippen molar-refractivity contribution in [2.75, 3.05) is 26.2 Å². The molecule has 1 N–H and O–H groups in total. The van der Waals surface area contributed by atoms with Crippen molar-refractivity contribution < 1.29 is 4.79 Å². The molecular formula is C14H23N5O.